The number of fused-ring (bicyclic) bond motifs is 1. The third-order valence-corrected chi connectivity index (χ3v) is 5.87. The van der Waals surface area contributed by atoms with Gasteiger partial charge in [0.25, 0.3) is 0 Å². The third-order valence-electron chi connectivity index (χ3n) is 4.31. The normalized spacial score (nSPS) is 13.4. The zero-order chi connectivity index (χ0) is 21.4. The topological polar surface area (TPSA) is 104 Å². The molecule has 1 aromatic heterocycles. The molecule has 0 aliphatic rings. The van der Waals surface area contributed by atoms with E-state index in [1.807, 2.05) is 20.8 Å². The van der Waals surface area contributed by atoms with E-state index < -0.39 is 27.8 Å². The second-order valence-electron chi connectivity index (χ2n) is 7.85. The van der Waals surface area contributed by atoms with Crippen molar-refractivity contribution in [2.24, 2.45) is 0 Å². The number of benzene rings is 2. The molecule has 2 aromatic carbocycles. The predicted molar refractivity (Wildman–Crippen MR) is 110 cm³/mol. The van der Waals surface area contributed by atoms with E-state index in [0.717, 1.165) is 41.1 Å². The lowest BCUT2D eigenvalue weighted by molar-refractivity contribution is -0.117. The van der Waals surface area contributed by atoms with Crippen LogP contribution in [0.3, 0.4) is 0 Å². The zero-order valence-corrected chi connectivity index (χ0v) is 17.4. The molecule has 0 saturated heterocycles. The Kier molecular flexibility index (Phi) is 5.46. The number of halogens is 1. The number of rotatable bonds is 5. The first kappa shape index (κ1) is 20.9. The maximum absolute atomic E-state index is 13.0. The number of hydrogen-bond donors (Lipinski definition) is 3. The van der Waals surface area contributed by atoms with Crippen LogP contribution in [0.4, 0.5) is 10.1 Å². The molecule has 1 atom stereocenters. The van der Waals surface area contributed by atoms with Crippen LogP contribution in [0, 0.1) is 5.82 Å². The standard InChI is InChI=1S/C20H23FN4O3S/c1-12(25-29(27,28)15-8-5-13(21)6-9-15)18(26)22-14-7-10-16-17(11-14)24-19(23-16)20(2,3)4/h5-12,25H,1-4H3,(H,22,26)(H,23,24)/t12-/m0/s1. The fourth-order valence-corrected chi connectivity index (χ4v) is 3.86. The van der Waals surface area contributed by atoms with E-state index in [4.69, 9.17) is 0 Å². The Balaban J connectivity index is 1.72. The number of aromatic nitrogens is 2. The number of hydrogen-bond acceptors (Lipinski definition) is 4. The number of anilines is 1. The van der Waals surface area contributed by atoms with Gasteiger partial charge in [0.15, 0.2) is 0 Å². The SMILES string of the molecule is C[C@H](NS(=O)(=O)c1ccc(F)cc1)C(=O)Nc1ccc2nc(C(C)(C)C)[nH]c2c1. The van der Waals surface area contributed by atoms with Crippen LogP contribution in [0.1, 0.15) is 33.5 Å². The van der Waals surface area contributed by atoms with Gasteiger partial charge in [-0.1, -0.05) is 20.8 Å². The molecule has 0 unspecified atom stereocenters. The first-order valence-corrected chi connectivity index (χ1v) is 10.5. The van der Waals surface area contributed by atoms with Gasteiger partial charge in [0.1, 0.15) is 11.6 Å². The number of carbonyl (C=O) groups is 1. The fourth-order valence-electron chi connectivity index (χ4n) is 2.66. The average Bonchev–Trinajstić information content (AvgIpc) is 3.05. The van der Waals surface area contributed by atoms with E-state index in [-0.39, 0.29) is 10.3 Å². The Hall–Kier alpha value is -2.78. The fraction of sp³-hybridized carbons (Fsp3) is 0.300. The first-order valence-electron chi connectivity index (χ1n) is 9.05. The van der Waals surface area contributed by atoms with E-state index in [2.05, 4.69) is 20.0 Å². The number of amides is 1. The highest BCUT2D eigenvalue weighted by Gasteiger charge is 2.23. The van der Waals surface area contributed by atoms with Crippen LogP contribution in [-0.2, 0) is 20.2 Å². The molecular weight excluding hydrogens is 395 g/mol. The lowest BCUT2D eigenvalue weighted by Crippen LogP contribution is -2.41. The first-order chi connectivity index (χ1) is 13.5. The molecule has 0 radical (unpaired) electrons. The smallest absolute Gasteiger partial charge is 0.242 e. The van der Waals surface area contributed by atoms with Crippen molar-refractivity contribution in [3.8, 4) is 0 Å². The van der Waals surface area contributed by atoms with Crippen molar-refractivity contribution in [1.29, 1.82) is 0 Å². The van der Waals surface area contributed by atoms with Crippen LogP contribution in [0.25, 0.3) is 11.0 Å². The molecule has 1 heterocycles. The molecular formula is C20H23FN4O3S. The summed E-state index contributed by atoms with van der Waals surface area (Å²) in [4.78, 5) is 20.1. The Morgan fingerprint density at radius 1 is 1.14 bits per heavy atom. The largest absolute Gasteiger partial charge is 0.341 e. The minimum Gasteiger partial charge on any atom is -0.341 e. The van der Waals surface area contributed by atoms with E-state index in [0.29, 0.717) is 5.69 Å². The van der Waals surface area contributed by atoms with E-state index in [1.165, 1.54) is 6.92 Å². The molecule has 3 rings (SSSR count). The molecule has 7 nitrogen and oxygen atoms in total. The molecule has 9 heteroatoms. The zero-order valence-electron chi connectivity index (χ0n) is 16.6. The van der Waals surface area contributed by atoms with Crippen LogP contribution >= 0.6 is 0 Å². The van der Waals surface area contributed by atoms with Gasteiger partial charge >= 0.3 is 0 Å². The minimum atomic E-state index is -3.95. The second kappa shape index (κ2) is 7.57. The average molecular weight is 418 g/mol. The van der Waals surface area contributed by atoms with Crippen molar-refractivity contribution in [1.82, 2.24) is 14.7 Å². The van der Waals surface area contributed by atoms with E-state index in [9.17, 15) is 17.6 Å². The monoisotopic (exact) mass is 418 g/mol. The summed E-state index contributed by atoms with van der Waals surface area (Å²) >= 11 is 0. The molecule has 0 saturated carbocycles. The summed E-state index contributed by atoms with van der Waals surface area (Å²) in [7, 11) is -3.95. The Bertz CT molecular complexity index is 1150. The van der Waals surface area contributed by atoms with Crippen LogP contribution in [0.2, 0.25) is 0 Å². The van der Waals surface area contributed by atoms with Gasteiger partial charge in [0.05, 0.1) is 22.0 Å². The number of aromatic amines is 1. The number of carbonyl (C=O) groups excluding carboxylic acids is 1. The van der Waals surface area contributed by atoms with Crippen molar-refractivity contribution in [2.45, 2.75) is 44.0 Å². The molecule has 3 aromatic rings. The van der Waals surface area contributed by atoms with Gasteiger partial charge in [-0.25, -0.2) is 17.8 Å². The summed E-state index contributed by atoms with van der Waals surface area (Å²) in [6, 6.07) is 8.57. The predicted octanol–water partition coefficient (Wildman–Crippen LogP) is 3.31. The Morgan fingerprint density at radius 3 is 2.41 bits per heavy atom. The van der Waals surface area contributed by atoms with Gasteiger partial charge < -0.3 is 10.3 Å². The van der Waals surface area contributed by atoms with Crippen LogP contribution in [0.5, 0.6) is 0 Å². The van der Waals surface area contributed by atoms with Gasteiger partial charge in [-0.2, -0.15) is 4.72 Å². The summed E-state index contributed by atoms with van der Waals surface area (Å²) in [5, 5.41) is 2.69. The molecule has 154 valence electrons. The van der Waals surface area contributed by atoms with Crippen LogP contribution in [-0.4, -0.2) is 30.3 Å². The van der Waals surface area contributed by atoms with Crippen molar-refractivity contribution >= 4 is 32.7 Å². The van der Waals surface area contributed by atoms with Crippen molar-refractivity contribution in [3.05, 3.63) is 54.1 Å². The molecule has 3 N–H and O–H groups in total. The maximum atomic E-state index is 13.0. The minimum absolute atomic E-state index is 0.118. The van der Waals surface area contributed by atoms with Crippen molar-refractivity contribution in [2.75, 3.05) is 5.32 Å². The number of imidazole rings is 1. The third kappa shape index (κ3) is 4.80. The van der Waals surface area contributed by atoms with Gasteiger partial charge in [-0.3, -0.25) is 4.79 Å². The van der Waals surface area contributed by atoms with Gasteiger partial charge in [0.2, 0.25) is 15.9 Å². The summed E-state index contributed by atoms with van der Waals surface area (Å²) in [6.45, 7) is 7.57. The summed E-state index contributed by atoms with van der Waals surface area (Å²) in [6.07, 6.45) is 0. The van der Waals surface area contributed by atoms with E-state index in [1.54, 1.807) is 18.2 Å². The number of H-pyrrole nitrogens is 1. The molecule has 29 heavy (non-hydrogen) atoms. The number of nitrogens with one attached hydrogen (secondary N) is 3. The maximum Gasteiger partial charge on any atom is 0.242 e. The van der Waals surface area contributed by atoms with Crippen LogP contribution < -0.4 is 10.0 Å². The summed E-state index contributed by atoms with van der Waals surface area (Å²) in [5.41, 5.74) is 1.92. The summed E-state index contributed by atoms with van der Waals surface area (Å²) in [5.74, 6) is -0.236. The van der Waals surface area contributed by atoms with Crippen molar-refractivity contribution in [3.63, 3.8) is 0 Å². The lowest BCUT2D eigenvalue weighted by atomic mass is 9.96. The number of sulfonamides is 1. The highest BCUT2D eigenvalue weighted by Crippen LogP contribution is 2.24. The lowest BCUT2D eigenvalue weighted by Gasteiger charge is -2.14. The second-order valence-corrected chi connectivity index (χ2v) is 9.57. The molecule has 0 aliphatic heterocycles. The Labute approximate surface area is 168 Å². The van der Waals surface area contributed by atoms with E-state index >= 15 is 0 Å². The Morgan fingerprint density at radius 2 is 1.79 bits per heavy atom. The molecule has 0 spiro atoms. The number of nitrogens with zero attached hydrogens (tertiary/aromatic N) is 1. The van der Waals surface area contributed by atoms with Gasteiger partial charge in [-0.15, -0.1) is 0 Å². The van der Waals surface area contributed by atoms with Crippen molar-refractivity contribution < 1.29 is 17.6 Å². The molecule has 0 aliphatic carbocycles. The highest BCUT2D eigenvalue weighted by atomic mass is 32.2. The van der Waals surface area contributed by atoms with Gasteiger partial charge in [0, 0.05) is 11.1 Å². The molecule has 0 bridgehead atoms. The van der Waals surface area contributed by atoms with Crippen LogP contribution in [0.15, 0.2) is 47.4 Å². The summed E-state index contributed by atoms with van der Waals surface area (Å²) < 4.78 is 40.0. The highest BCUT2D eigenvalue weighted by molar-refractivity contribution is 7.89. The quantitative estimate of drug-likeness (QED) is 0.591. The molecule has 0 fully saturated rings. The molecule has 1 amide bonds. The van der Waals surface area contributed by atoms with Gasteiger partial charge in [-0.05, 0) is 49.4 Å².